The van der Waals surface area contributed by atoms with Crippen LogP contribution in [0, 0.1) is 5.92 Å². The topological polar surface area (TPSA) is 21.3 Å². The first-order chi connectivity index (χ1) is 10.1. The van der Waals surface area contributed by atoms with Gasteiger partial charge in [0.2, 0.25) is 0 Å². The summed E-state index contributed by atoms with van der Waals surface area (Å²) in [7, 11) is 0. The van der Waals surface area contributed by atoms with Crippen molar-refractivity contribution in [1.29, 1.82) is 0 Å². The molecule has 0 bridgehead atoms. The second kappa shape index (κ2) is 4.51. The lowest BCUT2D eigenvalue weighted by Gasteiger charge is -2.48. The predicted molar refractivity (Wildman–Crippen MR) is 89.0 cm³/mol. The van der Waals surface area contributed by atoms with Crippen LogP contribution in [0.3, 0.4) is 0 Å². The van der Waals surface area contributed by atoms with Gasteiger partial charge >= 0.3 is 0 Å². The molecule has 21 heavy (non-hydrogen) atoms. The summed E-state index contributed by atoms with van der Waals surface area (Å²) in [5, 5.41) is 3.73. The van der Waals surface area contributed by atoms with Gasteiger partial charge in [-0.25, -0.2) is 0 Å². The first kappa shape index (κ1) is 13.2. The predicted octanol–water partition coefficient (Wildman–Crippen LogP) is 4.90. The molecule has 2 aliphatic heterocycles. The van der Waals surface area contributed by atoms with E-state index in [4.69, 9.17) is 4.74 Å². The summed E-state index contributed by atoms with van der Waals surface area (Å²) in [5.74, 6) is 1.43. The Morgan fingerprint density at radius 2 is 2.00 bits per heavy atom. The average Bonchev–Trinajstić information content (AvgIpc) is 2.46. The Morgan fingerprint density at radius 3 is 2.86 bits per heavy atom. The Morgan fingerprint density at radius 1 is 1.19 bits per heavy atom. The molecule has 2 heterocycles. The molecule has 3 heteroatoms. The van der Waals surface area contributed by atoms with E-state index in [9.17, 15) is 0 Å². The zero-order valence-corrected chi connectivity index (χ0v) is 13.8. The highest BCUT2D eigenvalue weighted by Gasteiger charge is 2.46. The maximum atomic E-state index is 6.05. The molecule has 1 N–H and O–H groups in total. The van der Waals surface area contributed by atoms with Crippen LogP contribution in [0.2, 0.25) is 0 Å². The average molecular weight is 344 g/mol. The Hall–Kier alpha value is -1.48. The number of halogens is 1. The molecule has 2 nitrogen and oxygen atoms in total. The summed E-state index contributed by atoms with van der Waals surface area (Å²) in [5.41, 5.74) is 3.99. The van der Waals surface area contributed by atoms with Gasteiger partial charge in [0.15, 0.2) is 0 Å². The van der Waals surface area contributed by atoms with Crippen molar-refractivity contribution in [2.45, 2.75) is 25.3 Å². The molecule has 2 aromatic rings. The molecule has 0 saturated carbocycles. The van der Waals surface area contributed by atoms with Gasteiger partial charge in [-0.3, -0.25) is 0 Å². The van der Waals surface area contributed by atoms with Gasteiger partial charge in [0.25, 0.3) is 0 Å². The molecule has 0 unspecified atom stereocenters. The van der Waals surface area contributed by atoms with Gasteiger partial charge in [-0.05, 0) is 23.8 Å². The highest BCUT2D eigenvalue weighted by atomic mass is 79.9. The van der Waals surface area contributed by atoms with Gasteiger partial charge in [-0.1, -0.05) is 54.0 Å². The zero-order valence-electron chi connectivity index (χ0n) is 12.2. The van der Waals surface area contributed by atoms with Crippen LogP contribution < -0.4 is 10.1 Å². The minimum absolute atomic E-state index is 0.0945. The van der Waals surface area contributed by atoms with Crippen molar-refractivity contribution in [2.24, 2.45) is 5.92 Å². The number of para-hydroxylation sites is 1. The number of hydrogen-bond acceptors (Lipinski definition) is 2. The minimum atomic E-state index is 0.0945. The summed E-state index contributed by atoms with van der Waals surface area (Å²) < 4.78 is 7.12. The van der Waals surface area contributed by atoms with E-state index in [0.717, 1.165) is 16.8 Å². The second-order valence-electron chi connectivity index (χ2n) is 6.49. The van der Waals surface area contributed by atoms with E-state index >= 15 is 0 Å². The van der Waals surface area contributed by atoms with Gasteiger partial charge in [0.05, 0.1) is 12.6 Å². The highest BCUT2D eigenvalue weighted by Crippen LogP contribution is 2.52. The SMILES string of the molecule is CC1(C)c2ccccc2N[C@@H]2c3ccc(Br)cc3OC[C@H]21. The standard InChI is InChI=1S/C18H18BrNO/c1-18(2)13-5-3-4-6-15(13)20-17-12-8-7-11(19)9-16(12)21-10-14(17)18/h3-9,14,17,20H,10H2,1-2H3/t14-,17-/m1/s1. The molecule has 4 rings (SSSR count). The maximum Gasteiger partial charge on any atom is 0.125 e. The lowest BCUT2D eigenvalue weighted by molar-refractivity contribution is 0.135. The second-order valence-corrected chi connectivity index (χ2v) is 7.40. The fourth-order valence-electron chi connectivity index (χ4n) is 3.72. The fourth-order valence-corrected chi connectivity index (χ4v) is 4.06. The number of ether oxygens (including phenoxy) is 1. The van der Waals surface area contributed by atoms with Crippen LogP contribution in [-0.4, -0.2) is 6.61 Å². The van der Waals surface area contributed by atoms with E-state index in [1.807, 2.05) is 0 Å². The van der Waals surface area contributed by atoms with E-state index in [-0.39, 0.29) is 5.41 Å². The van der Waals surface area contributed by atoms with Crippen LogP contribution in [-0.2, 0) is 5.41 Å². The maximum absolute atomic E-state index is 6.05. The molecule has 0 aliphatic carbocycles. The minimum Gasteiger partial charge on any atom is -0.493 e. The highest BCUT2D eigenvalue weighted by molar-refractivity contribution is 9.10. The molecule has 2 aliphatic rings. The molecular weight excluding hydrogens is 326 g/mol. The first-order valence-electron chi connectivity index (χ1n) is 7.35. The quantitative estimate of drug-likeness (QED) is 0.734. The zero-order chi connectivity index (χ0) is 14.6. The number of hydrogen-bond donors (Lipinski definition) is 1. The van der Waals surface area contributed by atoms with Crippen LogP contribution in [0.5, 0.6) is 5.75 Å². The van der Waals surface area contributed by atoms with Crippen molar-refractivity contribution in [1.82, 2.24) is 0 Å². The van der Waals surface area contributed by atoms with E-state index in [1.54, 1.807) is 0 Å². The van der Waals surface area contributed by atoms with Crippen molar-refractivity contribution >= 4 is 21.6 Å². The van der Waals surface area contributed by atoms with Crippen LogP contribution in [0.25, 0.3) is 0 Å². The summed E-state index contributed by atoms with van der Waals surface area (Å²) >= 11 is 3.53. The van der Waals surface area contributed by atoms with Crippen LogP contribution in [0.15, 0.2) is 46.9 Å². The summed E-state index contributed by atoms with van der Waals surface area (Å²) in [6.45, 7) is 5.41. The number of fused-ring (bicyclic) bond motifs is 4. The summed E-state index contributed by atoms with van der Waals surface area (Å²) in [6.07, 6.45) is 0. The molecule has 0 spiro atoms. The molecule has 2 atom stereocenters. The Kier molecular flexibility index (Phi) is 2.83. The third-order valence-electron chi connectivity index (χ3n) is 4.99. The lowest BCUT2D eigenvalue weighted by Crippen LogP contribution is -2.46. The van der Waals surface area contributed by atoms with Crippen LogP contribution >= 0.6 is 15.9 Å². The molecule has 2 aromatic carbocycles. The monoisotopic (exact) mass is 343 g/mol. The van der Waals surface area contributed by atoms with Crippen LogP contribution in [0.1, 0.15) is 31.0 Å². The Balaban J connectivity index is 1.87. The third-order valence-corrected chi connectivity index (χ3v) is 5.48. The van der Waals surface area contributed by atoms with Gasteiger partial charge in [0, 0.05) is 27.1 Å². The van der Waals surface area contributed by atoms with Crippen molar-refractivity contribution in [3.63, 3.8) is 0 Å². The summed E-state index contributed by atoms with van der Waals surface area (Å²) in [4.78, 5) is 0. The van der Waals surface area contributed by atoms with E-state index in [0.29, 0.717) is 12.0 Å². The number of rotatable bonds is 0. The molecule has 0 amide bonds. The molecule has 0 saturated heterocycles. The van der Waals surface area contributed by atoms with Gasteiger partial charge in [0.1, 0.15) is 5.75 Å². The van der Waals surface area contributed by atoms with E-state index < -0.39 is 0 Å². The molecule has 0 radical (unpaired) electrons. The lowest BCUT2D eigenvalue weighted by atomic mass is 9.65. The largest absolute Gasteiger partial charge is 0.493 e. The third kappa shape index (κ3) is 1.90. The fraction of sp³-hybridized carbons (Fsp3) is 0.333. The first-order valence-corrected chi connectivity index (χ1v) is 8.15. The summed E-state index contributed by atoms with van der Waals surface area (Å²) in [6, 6.07) is 15.3. The van der Waals surface area contributed by atoms with Gasteiger partial charge in [-0.15, -0.1) is 0 Å². The molecule has 0 fully saturated rings. The van der Waals surface area contributed by atoms with Gasteiger partial charge in [-0.2, -0.15) is 0 Å². The van der Waals surface area contributed by atoms with E-state index in [2.05, 4.69) is 77.6 Å². The molecule has 108 valence electrons. The van der Waals surface area contributed by atoms with Crippen molar-refractivity contribution in [3.8, 4) is 5.75 Å². The molecule has 0 aromatic heterocycles. The Labute approximate surface area is 133 Å². The number of nitrogens with one attached hydrogen (secondary N) is 1. The van der Waals surface area contributed by atoms with Crippen molar-refractivity contribution in [3.05, 3.63) is 58.1 Å². The van der Waals surface area contributed by atoms with Crippen molar-refractivity contribution < 1.29 is 4.74 Å². The number of benzene rings is 2. The van der Waals surface area contributed by atoms with Gasteiger partial charge < -0.3 is 10.1 Å². The normalized spacial score (nSPS) is 24.9. The van der Waals surface area contributed by atoms with E-state index in [1.165, 1.54) is 16.8 Å². The van der Waals surface area contributed by atoms with Crippen LogP contribution in [0.4, 0.5) is 5.69 Å². The smallest absolute Gasteiger partial charge is 0.125 e. The molecular formula is C18H18BrNO. The van der Waals surface area contributed by atoms with Crippen molar-refractivity contribution in [2.75, 3.05) is 11.9 Å². The number of anilines is 1. The Bertz CT molecular complexity index is 710.